The Balaban J connectivity index is 1.38. The van der Waals surface area contributed by atoms with Crippen molar-refractivity contribution in [3.05, 3.63) is 113 Å². The number of hydrogen-bond acceptors (Lipinski definition) is 4. The summed E-state index contributed by atoms with van der Waals surface area (Å²) in [4.78, 5) is 17.2. The predicted octanol–water partition coefficient (Wildman–Crippen LogP) is 8.15. The van der Waals surface area contributed by atoms with Crippen LogP contribution in [0.3, 0.4) is 0 Å². The number of benzene rings is 3. The molecule has 1 unspecified atom stereocenters. The van der Waals surface area contributed by atoms with Crippen LogP contribution in [-0.2, 0) is 0 Å². The number of H-pyrrole nitrogens is 1. The van der Waals surface area contributed by atoms with E-state index in [-0.39, 0.29) is 11.0 Å². The molecule has 1 N–H and O–H groups in total. The standard InChI is InChI=1S/C32H28ClN5OS/c1-19-8-7-9-25(16-19)38-31(28-18-34-29-11-6-5-10-26(28)29)35-36-32(38)40-22(4)30(39)27-17-20(2)37(21(27)3)24-14-12-23(33)13-15-24/h5-18,22,34H,1-4H3. The topological polar surface area (TPSA) is 68.5 Å². The first-order valence-electron chi connectivity index (χ1n) is 13.1. The molecule has 0 aliphatic heterocycles. The van der Waals surface area contributed by atoms with Crippen molar-refractivity contribution in [2.24, 2.45) is 0 Å². The van der Waals surface area contributed by atoms with Gasteiger partial charge in [0.05, 0.1) is 5.25 Å². The lowest BCUT2D eigenvalue weighted by atomic mass is 10.1. The number of aromatic amines is 1. The van der Waals surface area contributed by atoms with Crippen molar-refractivity contribution in [2.45, 2.75) is 38.1 Å². The average molecular weight is 566 g/mol. The van der Waals surface area contributed by atoms with E-state index in [2.05, 4.69) is 44.9 Å². The van der Waals surface area contributed by atoms with Crippen LogP contribution in [0.1, 0.15) is 34.2 Å². The number of aromatic nitrogens is 5. The molecule has 6 aromatic rings. The molecule has 0 saturated carbocycles. The number of halogens is 1. The molecule has 8 heteroatoms. The number of Topliss-reactive ketones (excluding diaryl/α,β-unsaturated/α-hetero) is 1. The number of fused-ring (bicyclic) bond motifs is 1. The van der Waals surface area contributed by atoms with E-state index in [0.717, 1.165) is 50.6 Å². The van der Waals surface area contributed by atoms with Gasteiger partial charge in [-0.3, -0.25) is 9.36 Å². The van der Waals surface area contributed by atoms with Crippen molar-refractivity contribution in [1.82, 2.24) is 24.3 Å². The number of para-hydroxylation sites is 1. The number of aryl methyl sites for hydroxylation is 2. The van der Waals surface area contributed by atoms with Gasteiger partial charge in [0.15, 0.2) is 16.8 Å². The summed E-state index contributed by atoms with van der Waals surface area (Å²) in [5.74, 6) is 0.775. The Labute approximate surface area is 242 Å². The fourth-order valence-corrected chi connectivity index (χ4v) is 6.27. The molecule has 3 heterocycles. The highest BCUT2D eigenvalue weighted by molar-refractivity contribution is 8.00. The van der Waals surface area contributed by atoms with Gasteiger partial charge < -0.3 is 9.55 Å². The van der Waals surface area contributed by atoms with Crippen LogP contribution in [0.5, 0.6) is 0 Å². The molecule has 0 fully saturated rings. The van der Waals surface area contributed by atoms with Crippen molar-refractivity contribution in [3.8, 4) is 22.8 Å². The first kappa shape index (κ1) is 26.2. The summed E-state index contributed by atoms with van der Waals surface area (Å²) in [7, 11) is 0. The molecule has 200 valence electrons. The van der Waals surface area contributed by atoms with Gasteiger partial charge in [0.1, 0.15) is 0 Å². The lowest BCUT2D eigenvalue weighted by Crippen LogP contribution is -2.15. The fraction of sp³-hybridized carbons (Fsp3) is 0.156. The van der Waals surface area contributed by atoms with E-state index < -0.39 is 0 Å². The maximum Gasteiger partial charge on any atom is 0.196 e. The summed E-state index contributed by atoms with van der Waals surface area (Å²) < 4.78 is 4.14. The molecule has 0 aliphatic rings. The Hall–Kier alpha value is -4.07. The maximum atomic E-state index is 13.8. The van der Waals surface area contributed by atoms with Crippen molar-refractivity contribution >= 4 is 40.0 Å². The third kappa shape index (κ3) is 4.65. The number of rotatable bonds is 7. The smallest absolute Gasteiger partial charge is 0.196 e. The van der Waals surface area contributed by atoms with E-state index >= 15 is 0 Å². The number of nitrogens with zero attached hydrogens (tertiary/aromatic N) is 4. The van der Waals surface area contributed by atoms with Gasteiger partial charge in [-0.1, -0.05) is 53.7 Å². The minimum Gasteiger partial charge on any atom is -0.360 e. The molecule has 0 aliphatic carbocycles. The largest absolute Gasteiger partial charge is 0.360 e. The van der Waals surface area contributed by atoms with Gasteiger partial charge >= 0.3 is 0 Å². The molecule has 40 heavy (non-hydrogen) atoms. The van der Waals surface area contributed by atoms with Gasteiger partial charge in [-0.05, 0) is 81.8 Å². The molecule has 0 spiro atoms. The van der Waals surface area contributed by atoms with Crippen LogP contribution in [0, 0.1) is 20.8 Å². The number of nitrogens with one attached hydrogen (secondary N) is 1. The predicted molar refractivity (Wildman–Crippen MR) is 163 cm³/mol. The zero-order valence-electron chi connectivity index (χ0n) is 22.6. The minimum absolute atomic E-state index is 0.0470. The molecular formula is C32H28ClN5OS. The van der Waals surface area contributed by atoms with Gasteiger partial charge in [-0.15, -0.1) is 10.2 Å². The van der Waals surface area contributed by atoms with Gasteiger partial charge in [-0.2, -0.15) is 0 Å². The van der Waals surface area contributed by atoms with Gasteiger partial charge in [0.25, 0.3) is 0 Å². The van der Waals surface area contributed by atoms with Crippen LogP contribution >= 0.6 is 23.4 Å². The lowest BCUT2D eigenvalue weighted by molar-refractivity contribution is 0.0993. The van der Waals surface area contributed by atoms with E-state index in [0.29, 0.717) is 15.7 Å². The third-order valence-electron chi connectivity index (χ3n) is 7.16. The zero-order chi connectivity index (χ0) is 28.0. The number of hydrogen-bond donors (Lipinski definition) is 1. The SMILES string of the molecule is Cc1cccc(-n2c(SC(C)C(=O)c3cc(C)n(-c4ccc(Cl)cc4)c3C)nnc2-c2c[nH]c3ccccc23)c1. The van der Waals surface area contributed by atoms with Crippen LogP contribution in [-0.4, -0.2) is 35.3 Å². The Morgan fingerprint density at radius 2 is 1.68 bits per heavy atom. The molecule has 0 saturated heterocycles. The van der Waals surface area contributed by atoms with Crippen molar-refractivity contribution in [1.29, 1.82) is 0 Å². The van der Waals surface area contributed by atoms with E-state index in [1.807, 2.05) is 92.2 Å². The van der Waals surface area contributed by atoms with Gasteiger partial charge in [0, 0.05) is 56.0 Å². The van der Waals surface area contributed by atoms with Gasteiger partial charge in [0.2, 0.25) is 0 Å². The van der Waals surface area contributed by atoms with Crippen LogP contribution in [0.25, 0.3) is 33.7 Å². The second kappa shape index (κ2) is 10.5. The molecule has 0 amide bonds. The van der Waals surface area contributed by atoms with Crippen molar-refractivity contribution < 1.29 is 4.79 Å². The summed E-state index contributed by atoms with van der Waals surface area (Å²) in [5.41, 5.74) is 7.64. The second-order valence-electron chi connectivity index (χ2n) is 9.95. The Kier molecular flexibility index (Phi) is 6.86. The summed E-state index contributed by atoms with van der Waals surface area (Å²) in [6.07, 6.45) is 1.97. The monoisotopic (exact) mass is 565 g/mol. The number of ketones is 1. The highest BCUT2D eigenvalue weighted by Gasteiger charge is 2.26. The molecule has 0 bridgehead atoms. The summed E-state index contributed by atoms with van der Waals surface area (Å²) in [5, 5.41) is 11.2. The van der Waals surface area contributed by atoms with Crippen LogP contribution in [0.2, 0.25) is 5.02 Å². The molecule has 0 radical (unpaired) electrons. The number of carbonyl (C=O) groups is 1. The van der Waals surface area contributed by atoms with Crippen LogP contribution in [0.4, 0.5) is 0 Å². The Morgan fingerprint density at radius 3 is 2.45 bits per heavy atom. The molecule has 6 nitrogen and oxygen atoms in total. The molecule has 6 rings (SSSR count). The fourth-order valence-electron chi connectivity index (χ4n) is 5.21. The van der Waals surface area contributed by atoms with Crippen LogP contribution in [0.15, 0.2) is 90.2 Å². The maximum absolute atomic E-state index is 13.8. The summed E-state index contributed by atoms with van der Waals surface area (Å²) in [6, 6.07) is 26.0. The normalized spacial score (nSPS) is 12.2. The van der Waals surface area contributed by atoms with E-state index in [1.165, 1.54) is 11.8 Å². The number of carbonyl (C=O) groups excluding carboxylic acids is 1. The van der Waals surface area contributed by atoms with E-state index in [4.69, 9.17) is 11.6 Å². The molecule has 3 aromatic heterocycles. The van der Waals surface area contributed by atoms with E-state index in [9.17, 15) is 4.79 Å². The van der Waals surface area contributed by atoms with Crippen molar-refractivity contribution in [2.75, 3.05) is 0 Å². The van der Waals surface area contributed by atoms with Crippen LogP contribution < -0.4 is 0 Å². The summed E-state index contributed by atoms with van der Waals surface area (Å²) >= 11 is 7.52. The minimum atomic E-state index is -0.386. The first-order chi connectivity index (χ1) is 19.3. The summed E-state index contributed by atoms with van der Waals surface area (Å²) in [6.45, 7) is 7.99. The third-order valence-corrected chi connectivity index (χ3v) is 8.45. The first-order valence-corrected chi connectivity index (χ1v) is 14.3. The van der Waals surface area contributed by atoms with Crippen molar-refractivity contribution in [3.63, 3.8) is 0 Å². The Morgan fingerprint density at radius 1 is 0.900 bits per heavy atom. The molecular weight excluding hydrogens is 538 g/mol. The quantitative estimate of drug-likeness (QED) is 0.157. The van der Waals surface area contributed by atoms with Gasteiger partial charge in [-0.25, -0.2) is 0 Å². The average Bonchev–Trinajstić information content (AvgIpc) is 3.64. The molecule has 3 aromatic carbocycles. The second-order valence-corrected chi connectivity index (χ2v) is 11.7. The number of thioether (sulfide) groups is 1. The van der Waals surface area contributed by atoms with E-state index in [1.54, 1.807) is 0 Å². The zero-order valence-corrected chi connectivity index (χ0v) is 24.2. The highest BCUT2D eigenvalue weighted by Crippen LogP contribution is 2.35. The Bertz CT molecular complexity index is 1860. The highest BCUT2D eigenvalue weighted by atomic mass is 35.5. The molecule has 1 atom stereocenters. The lowest BCUT2D eigenvalue weighted by Gasteiger charge is -2.14.